The van der Waals surface area contributed by atoms with Crippen LogP contribution in [0.2, 0.25) is 5.02 Å². The summed E-state index contributed by atoms with van der Waals surface area (Å²) in [4.78, 5) is 18.0. The fourth-order valence-corrected chi connectivity index (χ4v) is 2.46. The van der Waals surface area contributed by atoms with Crippen LogP contribution in [0.25, 0.3) is 0 Å². The fraction of sp³-hybridized carbons (Fsp3) is 0.533. The van der Waals surface area contributed by atoms with E-state index in [0.717, 1.165) is 5.69 Å². The lowest BCUT2D eigenvalue weighted by atomic mass is 10.0. The summed E-state index contributed by atoms with van der Waals surface area (Å²) < 4.78 is 10.7. The van der Waals surface area contributed by atoms with Gasteiger partial charge in [-0.1, -0.05) is 18.5 Å². The summed E-state index contributed by atoms with van der Waals surface area (Å²) in [6.07, 6.45) is -0.472. The Kier molecular flexibility index (Phi) is 5.45. The molecule has 6 heteroatoms. The monoisotopic (exact) mass is 313 g/mol. The van der Waals surface area contributed by atoms with E-state index in [1.54, 1.807) is 36.3 Å². The van der Waals surface area contributed by atoms with E-state index < -0.39 is 12.3 Å². The molecule has 2 rings (SSSR count). The van der Waals surface area contributed by atoms with Crippen molar-refractivity contribution in [2.45, 2.75) is 33.1 Å². The number of benzene rings is 1. The van der Waals surface area contributed by atoms with E-state index in [-0.39, 0.29) is 11.9 Å². The van der Waals surface area contributed by atoms with Crippen molar-refractivity contribution < 1.29 is 19.1 Å². The van der Waals surface area contributed by atoms with Crippen LogP contribution >= 0.6 is 11.6 Å². The minimum absolute atomic E-state index is 0.139. The van der Waals surface area contributed by atoms with Crippen LogP contribution in [-0.2, 0) is 19.1 Å². The zero-order chi connectivity index (χ0) is 15.4. The molecule has 0 bridgehead atoms. The number of carbonyl (C=O) groups is 1. The molecule has 116 valence electrons. The van der Waals surface area contributed by atoms with E-state index in [1.807, 2.05) is 13.8 Å². The van der Waals surface area contributed by atoms with E-state index in [0.29, 0.717) is 18.2 Å². The van der Waals surface area contributed by atoms with Gasteiger partial charge in [-0.15, -0.1) is 0 Å². The van der Waals surface area contributed by atoms with Crippen LogP contribution in [0.3, 0.4) is 0 Å². The average molecular weight is 314 g/mol. The van der Waals surface area contributed by atoms with Crippen molar-refractivity contribution in [2.75, 3.05) is 18.3 Å². The molecule has 0 aromatic heterocycles. The van der Waals surface area contributed by atoms with Gasteiger partial charge in [-0.3, -0.25) is 0 Å². The molecule has 0 saturated carbocycles. The van der Waals surface area contributed by atoms with Gasteiger partial charge in [-0.05, 0) is 38.1 Å². The summed E-state index contributed by atoms with van der Waals surface area (Å²) in [5.74, 6) is -0.457. The number of carbonyl (C=O) groups excluding carboxylic acids is 1. The number of nitrogens with zero attached hydrogens (tertiary/aromatic N) is 1. The molecular formula is C15H20ClNO4. The maximum atomic E-state index is 12.2. The van der Waals surface area contributed by atoms with Crippen molar-refractivity contribution in [2.24, 2.45) is 5.92 Å². The van der Waals surface area contributed by atoms with E-state index in [1.165, 1.54) is 0 Å². The van der Waals surface area contributed by atoms with Crippen LogP contribution in [0.1, 0.15) is 20.8 Å². The standard InChI is InChI=1S/C15H20ClNO4/c1-4-19-14(18)13-10(3)15(20-5-2)21-17(13)12-8-6-11(16)7-9-12/h6-10,13,15H,4-5H2,1-3H3/t10-,13+,15-/m0/s1. The molecule has 1 aliphatic rings. The molecular weight excluding hydrogens is 294 g/mol. The van der Waals surface area contributed by atoms with E-state index >= 15 is 0 Å². The van der Waals surface area contributed by atoms with Crippen LogP contribution in [0.15, 0.2) is 24.3 Å². The number of anilines is 1. The number of ether oxygens (including phenoxy) is 2. The Bertz CT molecular complexity index is 479. The number of halogens is 1. The molecule has 1 saturated heterocycles. The highest BCUT2D eigenvalue weighted by Gasteiger charge is 2.46. The molecule has 0 radical (unpaired) electrons. The second-order valence-electron chi connectivity index (χ2n) is 4.79. The largest absolute Gasteiger partial charge is 0.464 e. The lowest BCUT2D eigenvalue weighted by molar-refractivity contribution is -0.146. The highest BCUT2D eigenvalue weighted by molar-refractivity contribution is 6.30. The SMILES string of the molecule is CCOC(=O)[C@H]1[C@H](C)[C@@H](OCC)ON1c1ccc(Cl)cc1. The Labute approximate surface area is 129 Å². The molecule has 1 aromatic rings. The van der Waals surface area contributed by atoms with Gasteiger partial charge in [0.2, 0.25) is 0 Å². The Hall–Kier alpha value is -1.30. The van der Waals surface area contributed by atoms with Crippen molar-refractivity contribution in [3.63, 3.8) is 0 Å². The van der Waals surface area contributed by atoms with Crippen LogP contribution in [0.4, 0.5) is 5.69 Å². The molecule has 1 aromatic carbocycles. The van der Waals surface area contributed by atoms with Gasteiger partial charge in [0, 0.05) is 17.5 Å². The molecule has 3 atom stereocenters. The maximum absolute atomic E-state index is 12.2. The summed E-state index contributed by atoms with van der Waals surface area (Å²) in [5.41, 5.74) is 0.742. The first-order chi connectivity index (χ1) is 10.1. The maximum Gasteiger partial charge on any atom is 0.331 e. The van der Waals surface area contributed by atoms with Crippen molar-refractivity contribution in [3.8, 4) is 0 Å². The Morgan fingerprint density at radius 2 is 1.95 bits per heavy atom. The van der Waals surface area contributed by atoms with Gasteiger partial charge in [0.1, 0.15) is 0 Å². The molecule has 1 heterocycles. The minimum Gasteiger partial charge on any atom is -0.464 e. The fourth-order valence-electron chi connectivity index (χ4n) is 2.33. The van der Waals surface area contributed by atoms with E-state index in [9.17, 15) is 4.79 Å². The lowest BCUT2D eigenvalue weighted by Gasteiger charge is -2.23. The van der Waals surface area contributed by atoms with Gasteiger partial charge >= 0.3 is 5.97 Å². The van der Waals surface area contributed by atoms with Gasteiger partial charge in [-0.25, -0.2) is 14.7 Å². The normalized spacial score (nSPS) is 25.1. The third-order valence-electron chi connectivity index (χ3n) is 3.34. The first-order valence-corrected chi connectivity index (χ1v) is 7.46. The molecule has 1 fully saturated rings. The zero-order valence-electron chi connectivity index (χ0n) is 12.4. The number of hydrogen-bond acceptors (Lipinski definition) is 5. The van der Waals surface area contributed by atoms with Crippen molar-refractivity contribution in [3.05, 3.63) is 29.3 Å². The molecule has 1 aliphatic heterocycles. The van der Waals surface area contributed by atoms with E-state index in [2.05, 4.69) is 0 Å². The summed E-state index contributed by atoms with van der Waals surface area (Å²) in [6, 6.07) is 6.57. The number of hydrogen-bond donors (Lipinski definition) is 0. The molecule has 0 N–H and O–H groups in total. The Morgan fingerprint density at radius 3 is 2.52 bits per heavy atom. The molecule has 0 aliphatic carbocycles. The predicted octanol–water partition coefficient (Wildman–Crippen LogP) is 3.02. The van der Waals surface area contributed by atoms with Gasteiger partial charge in [0.05, 0.1) is 12.3 Å². The number of esters is 1. The first-order valence-electron chi connectivity index (χ1n) is 7.08. The molecule has 21 heavy (non-hydrogen) atoms. The Balaban J connectivity index is 2.26. The second-order valence-corrected chi connectivity index (χ2v) is 5.22. The summed E-state index contributed by atoms with van der Waals surface area (Å²) in [6.45, 7) is 6.43. The van der Waals surface area contributed by atoms with Crippen LogP contribution in [0, 0.1) is 5.92 Å². The average Bonchev–Trinajstić information content (AvgIpc) is 2.78. The Morgan fingerprint density at radius 1 is 1.29 bits per heavy atom. The summed E-state index contributed by atoms with van der Waals surface area (Å²) in [5, 5.41) is 2.18. The minimum atomic E-state index is -0.539. The second kappa shape index (κ2) is 7.11. The zero-order valence-corrected chi connectivity index (χ0v) is 13.2. The van der Waals surface area contributed by atoms with Gasteiger partial charge < -0.3 is 9.47 Å². The third-order valence-corrected chi connectivity index (χ3v) is 3.59. The first kappa shape index (κ1) is 16.1. The van der Waals surface area contributed by atoms with Gasteiger partial charge in [0.15, 0.2) is 12.3 Å². The third kappa shape index (κ3) is 3.48. The lowest BCUT2D eigenvalue weighted by Crippen LogP contribution is -2.40. The molecule has 0 unspecified atom stereocenters. The van der Waals surface area contributed by atoms with Crippen LogP contribution in [-0.4, -0.2) is 31.5 Å². The van der Waals surface area contributed by atoms with Gasteiger partial charge in [0.25, 0.3) is 0 Å². The smallest absolute Gasteiger partial charge is 0.331 e. The van der Waals surface area contributed by atoms with E-state index in [4.69, 9.17) is 25.9 Å². The van der Waals surface area contributed by atoms with Gasteiger partial charge in [-0.2, -0.15) is 0 Å². The van der Waals surface area contributed by atoms with Crippen molar-refractivity contribution in [1.82, 2.24) is 0 Å². The van der Waals surface area contributed by atoms with Crippen molar-refractivity contribution in [1.29, 1.82) is 0 Å². The van der Waals surface area contributed by atoms with Crippen LogP contribution in [0.5, 0.6) is 0 Å². The summed E-state index contributed by atoms with van der Waals surface area (Å²) >= 11 is 5.90. The highest BCUT2D eigenvalue weighted by Crippen LogP contribution is 2.34. The molecule has 0 spiro atoms. The van der Waals surface area contributed by atoms with Crippen LogP contribution < -0.4 is 5.06 Å². The quantitative estimate of drug-likeness (QED) is 0.782. The highest BCUT2D eigenvalue weighted by atomic mass is 35.5. The topological polar surface area (TPSA) is 48.0 Å². The molecule has 0 amide bonds. The van der Waals surface area contributed by atoms with Crippen molar-refractivity contribution >= 4 is 23.3 Å². The number of rotatable bonds is 5. The molecule has 5 nitrogen and oxygen atoms in total. The predicted molar refractivity (Wildman–Crippen MR) is 80.0 cm³/mol. The summed E-state index contributed by atoms with van der Waals surface area (Å²) in [7, 11) is 0. The number of hydroxylamine groups is 1.